The van der Waals surface area contributed by atoms with Crippen LogP contribution in [0.5, 0.6) is 11.5 Å². The van der Waals surface area contributed by atoms with Crippen LogP contribution in [0.1, 0.15) is 5.56 Å². The van der Waals surface area contributed by atoms with Gasteiger partial charge in [0.1, 0.15) is 5.75 Å². The molecule has 2 rings (SSSR count). The molecule has 0 atom stereocenters. The third-order valence-corrected chi connectivity index (χ3v) is 1.98. The van der Waals surface area contributed by atoms with E-state index in [-0.39, 0.29) is 11.3 Å². The second-order valence-electron chi connectivity index (χ2n) is 3.17. The maximum absolute atomic E-state index is 13.4. The summed E-state index contributed by atoms with van der Waals surface area (Å²) in [5, 5.41) is 8.53. The third-order valence-electron chi connectivity index (χ3n) is 1.98. The number of hydrogen-bond donors (Lipinski definition) is 0. The number of pyridine rings is 1. The minimum absolute atomic E-state index is 0.0986. The van der Waals surface area contributed by atoms with E-state index in [1.807, 2.05) is 0 Å². The highest BCUT2D eigenvalue weighted by Gasteiger charge is 2.13. The molecule has 1 aromatic heterocycles. The summed E-state index contributed by atoms with van der Waals surface area (Å²) in [6.45, 7) is 0. The van der Waals surface area contributed by atoms with E-state index in [0.29, 0.717) is 0 Å². The van der Waals surface area contributed by atoms with Crippen LogP contribution in [-0.2, 0) is 0 Å². The lowest BCUT2D eigenvalue weighted by atomic mass is 10.2. The van der Waals surface area contributed by atoms with Crippen molar-refractivity contribution < 1.29 is 13.5 Å². The molecule has 0 bridgehead atoms. The number of rotatable bonds is 2. The second kappa shape index (κ2) is 4.58. The fraction of sp³-hybridized carbons (Fsp3) is 0. The first-order valence-electron chi connectivity index (χ1n) is 4.67. The maximum Gasteiger partial charge on any atom is 0.198 e. The molecule has 0 aliphatic carbocycles. The van der Waals surface area contributed by atoms with Crippen molar-refractivity contribution in [2.24, 2.45) is 0 Å². The Balaban J connectivity index is 2.38. The van der Waals surface area contributed by atoms with Crippen LogP contribution in [0.15, 0.2) is 36.7 Å². The van der Waals surface area contributed by atoms with Crippen LogP contribution in [0.2, 0.25) is 0 Å². The zero-order chi connectivity index (χ0) is 12.3. The summed E-state index contributed by atoms with van der Waals surface area (Å²) < 4.78 is 31.9. The van der Waals surface area contributed by atoms with Crippen molar-refractivity contribution in [1.82, 2.24) is 4.98 Å². The average Bonchev–Trinajstić information content (AvgIpc) is 2.35. The summed E-state index contributed by atoms with van der Waals surface area (Å²) in [6, 6.07) is 6.57. The van der Waals surface area contributed by atoms with E-state index < -0.39 is 17.4 Å². The number of halogens is 2. The lowest BCUT2D eigenvalue weighted by Gasteiger charge is -2.07. The molecule has 5 heteroatoms. The Morgan fingerprint density at radius 2 is 1.94 bits per heavy atom. The molecule has 2 aromatic rings. The Kier molecular flexibility index (Phi) is 2.97. The van der Waals surface area contributed by atoms with Crippen molar-refractivity contribution >= 4 is 0 Å². The van der Waals surface area contributed by atoms with E-state index >= 15 is 0 Å². The van der Waals surface area contributed by atoms with Gasteiger partial charge in [0.15, 0.2) is 17.4 Å². The van der Waals surface area contributed by atoms with Crippen LogP contribution in [0, 0.1) is 23.0 Å². The Hall–Kier alpha value is -2.48. The van der Waals surface area contributed by atoms with Crippen LogP contribution in [0.25, 0.3) is 0 Å². The van der Waals surface area contributed by atoms with Crippen molar-refractivity contribution in [2.75, 3.05) is 0 Å². The molecule has 1 heterocycles. The summed E-state index contributed by atoms with van der Waals surface area (Å²) in [5.41, 5.74) is -0.0986. The Morgan fingerprint density at radius 1 is 1.24 bits per heavy atom. The Bertz CT molecular complexity index is 556. The predicted molar refractivity (Wildman–Crippen MR) is 55.4 cm³/mol. The third kappa shape index (κ3) is 2.37. The Morgan fingerprint density at radius 3 is 2.47 bits per heavy atom. The van der Waals surface area contributed by atoms with E-state index in [4.69, 9.17) is 10.00 Å². The SMILES string of the molecule is N#Cc1cc(F)c(Oc2cccnc2)c(F)c1. The minimum Gasteiger partial charge on any atom is -0.450 e. The fourth-order valence-electron chi connectivity index (χ4n) is 1.25. The smallest absolute Gasteiger partial charge is 0.198 e. The van der Waals surface area contributed by atoms with Gasteiger partial charge in [0, 0.05) is 6.20 Å². The highest BCUT2D eigenvalue weighted by atomic mass is 19.1. The molecule has 0 aliphatic rings. The van der Waals surface area contributed by atoms with Crippen molar-refractivity contribution in [3.8, 4) is 17.6 Å². The van der Waals surface area contributed by atoms with Gasteiger partial charge in [0.2, 0.25) is 0 Å². The predicted octanol–water partition coefficient (Wildman–Crippen LogP) is 3.02. The highest BCUT2D eigenvalue weighted by Crippen LogP contribution is 2.27. The topological polar surface area (TPSA) is 45.9 Å². The molecule has 17 heavy (non-hydrogen) atoms. The molecule has 0 saturated carbocycles. The van der Waals surface area contributed by atoms with Gasteiger partial charge in [-0.05, 0) is 24.3 Å². The van der Waals surface area contributed by atoms with Gasteiger partial charge in [-0.15, -0.1) is 0 Å². The monoisotopic (exact) mass is 232 g/mol. The van der Waals surface area contributed by atoms with Gasteiger partial charge in [-0.2, -0.15) is 5.26 Å². The summed E-state index contributed by atoms with van der Waals surface area (Å²) in [5.74, 6) is -2.18. The van der Waals surface area contributed by atoms with E-state index in [1.54, 1.807) is 12.1 Å². The zero-order valence-electron chi connectivity index (χ0n) is 8.52. The standard InChI is InChI=1S/C12H6F2N2O/c13-10-4-8(6-15)5-11(14)12(10)17-9-2-1-3-16-7-9/h1-5,7H. The first-order valence-corrected chi connectivity index (χ1v) is 4.67. The van der Waals surface area contributed by atoms with Crippen LogP contribution in [0.4, 0.5) is 8.78 Å². The van der Waals surface area contributed by atoms with Gasteiger partial charge < -0.3 is 4.74 Å². The van der Waals surface area contributed by atoms with Gasteiger partial charge in [0.05, 0.1) is 17.8 Å². The first kappa shape index (κ1) is 11.0. The molecule has 0 spiro atoms. The molecular weight excluding hydrogens is 226 g/mol. The van der Waals surface area contributed by atoms with Crippen molar-refractivity contribution in [3.05, 3.63) is 53.9 Å². The largest absolute Gasteiger partial charge is 0.450 e. The lowest BCUT2D eigenvalue weighted by molar-refractivity contribution is 0.406. The van der Waals surface area contributed by atoms with E-state index in [1.165, 1.54) is 18.5 Å². The van der Waals surface area contributed by atoms with Gasteiger partial charge >= 0.3 is 0 Å². The summed E-state index contributed by atoms with van der Waals surface area (Å²) in [7, 11) is 0. The molecule has 3 nitrogen and oxygen atoms in total. The normalized spacial score (nSPS) is 9.71. The van der Waals surface area contributed by atoms with E-state index in [9.17, 15) is 8.78 Å². The molecule has 0 fully saturated rings. The maximum atomic E-state index is 13.4. The molecule has 1 aromatic carbocycles. The second-order valence-corrected chi connectivity index (χ2v) is 3.17. The van der Waals surface area contributed by atoms with E-state index in [2.05, 4.69) is 4.98 Å². The molecule has 0 radical (unpaired) electrons. The van der Waals surface area contributed by atoms with E-state index in [0.717, 1.165) is 12.1 Å². The molecule has 0 N–H and O–H groups in total. The fourth-order valence-corrected chi connectivity index (χ4v) is 1.25. The lowest BCUT2D eigenvalue weighted by Crippen LogP contribution is -1.94. The molecule has 0 saturated heterocycles. The summed E-state index contributed by atoms with van der Waals surface area (Å²) >= 11 is 0. The molecule has 0 unspecified atom stereocenters. The summed E-state index contributed by atoms with van der Waals surface area (Å²) in [6.07, 6.45) is 2.84. The van der Waals surface area contributed by atoms with Crippen molar-refractivity contribution in [1.29, 1.82) is 5.26 Å². The van der Waals surface area contributed by atoms with Crippen LogP contribution in [0.3, 0.4) is 0 Å². The molecule has 0 aliphatic heterocycles. The molecular formula is C12H6F2N2O. The minimum atomic E-state index is -0.926. The Labute approximate surface area is 95.9 Å². The van der Waals surface area contributed by atoms with Crippen molar-refractivity contribution in [2.45, 2.75) is 0 Å². The van der Waals surface area contributed by atoms with Crippen LogP contribution in [-0.4, -0.2) is 4.98 Å². The van der Waals surface area contributed by atoms with Gasteiger partial charge in [0.25, 0.3) is 0 Å². The van der Waals surface area contributed by atoms with Gasteiger partial charge in [-0.1, -0.05) is 0 Å². The van der Waals surface area contributed by atoms with Crippen LogP contribution >= 0.6 is 0 Å². The van der Waals surface area contributed by atoms with Crippen LogP contribution < -0.4 is 4.74 Å². The van der Waals surface area contributed by atoms with Gasteiger partial charge in [-0.25, -0.2) is 8.78 Å². The molecule has 0 amide bonds. The number of aromatic nitrogens is 1. The average molecular weight is 232 g/mol. The zero-order valence-corrected chi connectivity index (χ0v) is 8.52. The quantitative estimate of drug-likeness (QED) is 0.799. The summed E-state index contributed by atoms with van der Waals surface area (Å²) in [4.78, 5) is 3.75. The molecule has 84 valence electrons. The highest BCUT2D eigenvalue weighted by molar-refractivity contribution is 5.39. The number of hydrogen-bond acceptors (Lipinski definition) is 3. The number of nitriles is 1. The number of nitrogens with zero attached hydrogens (tertiary/aromatic N) is 2. The van der Waals surface area contributed by atoms with Crippen molar-refractivity contribution in [3.63, 3.8) is 0 Å². The van der Waals surface area contributed by atoms with Gasteiger partial charge in [-0.3, -0.25) is 4.98 Å². The first-order chi connectivity index (χ1) is 8.20. The number of benzene rings is 1. The number of ether oxygens (including phenoxy) is 1.